The Bertz CT molecular complexity index is 900. The maximum atomic E-state index is 13.8. The van der Waals surface area contributed by atoms with Crippen molar-refractivity contribution >= 4 is 0 Å². The highest BCUT2D eigenvalue weighted by Crippen LogP contribution is 2.33. The van der Waals surface area contributed by atoms with Crippen LogP contribution in [0.3, 0.4) is 0 Å². The van der Waals surface area contributed by atoms with Gasteiger partial charge in [0.1, 0.15) is 5.82 Å². The van der Waals surface area contributed by atoms with Crippen LogP contribution in [0.5, 0.6) is 0 Å². The standard InChI is InChI=1S/C19H19FN4O2/c1-12-5-6-13(8-16(12)20)18-22-19(26-23-18)17-9-15(25)11-24(17)10-14-4-2-3-7-21-14/h2-8,15,17,25H,9-11H2,1H3/t15-,17+/m1/s1. The van der Waals surface area contributed by atoms with E-state index in [-0.39, 0.29) is 11.9 Å². The van der Waals surface area contributed by atoms with Crippen molar-refractivity contribution in [3.8, 4) is 11.4 Å². The number of hydrogen-bond donors (Lipinski definition) is 1. The molecule has 0 amide bonds. The molecule has 0 spiro atoms. The topological polar surface area (TPSA) is 75.3 Å². The second-order valence-corrected chi connectivity index (χ2v) is 6.58. The van der Waals surface area contributed by atoms with Crippen molar-refractivity contribution in [1.82, 2.24) is 20.0 Å². The largest absolute Gasteiger partial charge is 0.392 e. The van der Waals surface area contributed by atoms with Gasteiger partial charge in [0.25, 0.3) is 0 Å². The van der Waals surface area contributed by atoms with E-state index in [1.807, 2.05) is 18.2 Å². The van der Waals surface area contributed by atoms with Gasteiger partial charge in [-0.25, -0.2) is 4.39 Å². The summed E-state index contributed by atoms with van der Waals surface area (Å²) in [5.41, 5.74) is 2.04. The Morgan fingerprint density at radius 1 is 1.31 bits per heavy atom. The lowest BCUT2D eigenvalue weighted by molar-refractivity contribution is 0.168. The van der Waals surface area contributed by atoms with Crippen LogP contribution in [0.2, 0.25) is 0 Å². The zero-order chi connectivity index (χ0) is 18.1. The molecule has 6 nitrogen and oxygen atoms in total. The van der Waals surface area contributed by atoms with Crippen molar-refractivity contribution in [3.63, 3.8) is 0 Å². The van der Waals surface area contributed by atoms with E-state index < -0.39 is 6.10 Å². The van der Waals surface area contributed by atoms with Crippen molar-refractivity contribution in [1.29, 1.82) is 0 Å². The lowest BCUT2D eigenvalue weighted by Gasteiger charge is -2.20. The van der Waals surface area contributed by atoms with E-state index in [0.29, 0.717) is 42.4 Å². The zero-order valence-corrected chi connectivity index (χ0v) is 14.3. The Labute approximate surface area is 150 Å². The van der Waals surface area contributed by atoms with Gasteiger partial charge in [0, 0.05) is 24.8 Å². The Balaban J connectivity index is 1.57. The van der Waals surface area contributed by atoms with E-state index in [0.717, 1.165) is 5.69 Å². The summed E-state index contributed by atoms with van der Waals surface area (Å²) < 4.78 is 19.2. The number of likely N-dealkylation sites (tertiary alicyclic amines) is 1. The molecule has 0 bridgehead atoms. The van der Waals surface area contributed by atoms with Crippen molar-refractivity contribution in [2.45, 2.75) is 32.0 Å². The van der Waals surface area contributed by atoms with Gasteiger partial charge >= 0.3 is 0 Å². The van der Waals surface area contributed by atoms with Crippen LogP contribution in [-0.2, 0) is 6.54 Å². The Morgan fingerprint density at radius 3 is 2.96 bits per heavy atom. The van der Waals surface area contributed by atoms with Crippen LogP contribution in [0.1, 0.15) is 29.6 Å². The molecule has 1 saturated heterocycles. The second kappa shape index (κ2) is 6.93. The molecule has 1 aromatic carbocycles. The van der Waals surface area contributed by atoms with Crippen LogP contribution in [-0.4, -0.2) is 37.8 Å². The molecular formula is C19H19FN4O2. The van der Waals surface area contributed by atoms with Crippen LogP contribution in [0.15, 0.2) is 47.1 Å². The molecule has 3 aromatic rings. The summed E-state index contributed by atoms with van der Waals surface area (Å²) in [4.78, 5) is 10.8. The lowest BCUT2D eigenvalue weighted by Crippen LogP contribution is -2.25. The zero-order valence-electron chi connectivity index (χ0n) is 14.3. The minimum absolute atomic E-state index is 0.191. The minimum atomic E-state index is -0.462. The van der Waals surface area contributed by atoms with E-state index in [1.54, 1.807) is 25.3 Å². The normalized spacial score (nSPS) is 20.6. The van der Waals surface area contributed by atoms with Crippen LogP contribution < -0.4 is 0 Å². The molecule has 1 N–H and O–H groups in total. The third-order valence-corrected chi connectivity index (χ3v) is 4.63. The molecule has 1 aliphatic heterocycles. The number of rotatable bonds is 4. The first-order valence-electron chi connectivity index (χ1n) is 8.52. The number of aliphatic hydroxyl groups is 1. The summed E-state index contributed by atoms with van der Waals surface area (Å²) in [7, 11) is 0. The average Bonchev–Trinajstić information content (AvgIpc) is 3.25. The quantitative estimate of drug-likeness (QED) is 0.776. The number of aryl methyl sites for hydroxylation is 1. The van der Waals surface area contributed by atoms with E-state index in [9.17, 15) is 9.50 Å². The first kappa shape index (κ1) is 16.8. The smallest absolute Gasteiger partial charge is 0.244 e. The van der Waals surface area contributed by atoms with E-state index in [1.165, 1.54) is 6.07 Å². The lowest BCUT2D eigenvalue weighted by atomic mass is 10.1. The number of benzene rings is 1. The van der Waals surface area contributed by atoms with Gasteiger partial charge in [0.05, 0.1) is 17.8 Å². The maximum Gasteiger partial charge on any atom is 0.244 e. The molecule has 134 valence electrons. The third kappa shape index (κ3) is 3.36. The highest BCUT2D eigenvalue weighted by molar-refractivity contribution is 5.55. The summed E-state index contributed by atoms with van der Waals surface area (Å²) in [6.45, 7) is 2.80. The van der Waals surface area contributed by atoms with Crippen molar-refractivity contribution in [2.24, 2.45) is 0 Å². The molecule has 2 aromatic heterocycles. The van der Waals surface area contributed by atoms with Gasteiger partial charge in [-0.1, -0.05) is 23.4 Å². The summed E-state index contributed by atoms with van der Waals surface area (Å²) in [6, 6.07) is 10.4. The molecule has 1 aliphatic rings. The minimum Gasteiger partial charge on any atom is -0.392 e. The molecule has 0 saturated carbocycles. The van der Waals surface area contributed by atoms with E-state index in [4.69, 9.17) is 4.52 Å². The second-order valence-electron chi connectivity index (χ2n) is 6.58. The van der Waals surface area contributed by atoms with Crippen molar-refractivity contribution < 1.29 is 14.0 Å². The molecule has 7 heteroatoms. The fourth-order valence-corrected chi connectivity index (χ4v) is 3.23. The van der Waals surface area contributed by atoms with E-state index >= 15 is 0 Å². The summed E-state index contributed by atoms with van der Waals surface area (Å²) >= 11 is 0. The first-order chi connectivity index (χ1) is 12.6. The number of hydrogen-bond acceptors (Lipinski definition) is 6. The third-order valence-electron chi connectivity index (χ3n) is 4.63. The Hall–Kier alpha value is -2.64. The number of aromatic nitrogens is 3. The van der Waals surface area contributed by atoms with Crippen molar-refractivity contribution in [3.05, 3.63) is 65.6 Å². The van der Waals surface area contributed by atoms with Crippen LogP contribution in [0.25, 0.3) is 11.4 Å². The molecule has 3 heterocycles. The van der Waals surface area contributed by atoms with Crippen LogP contribution in [0, 0.1) is 12.7 Å². The molecule has 0 unspecified atom stereocenters. The molecular weight excluding hydrogens is 335 g/mol. The number of aliphatic hydroxyl groups excluding tert-OH is 1. The van der Waals surface area contributed by atoms with Gasteiger partial charge in [-0.2, -0.15) is 4.98 Å². The van der Waals surface area contributed by atoms with Gasteiger partial charge in [-0.15, -0.1) is 0 Å². The monoisotopic (exact) mass is 354 g/mol. The molecule has 1 fully saturated rings. The predicted octanol–water partition coefficient (Wildman–Crippen LogP) is 2.89. The summed E-state index contributed by atoms with van der Waals surface area (Å²) in [6.07, 6.45) is 1.79. The number of β-amino-alcohol motifs (C(OH)–C–C–N with tert-alkyl or cyclic N) is 1. The highest BCUT2D eigenvalue weighted by Gasteiger charge is 2.36. The number of nitrogens with zero attached hydrogens (tertiary/aromatic N) is 4. The molecule has 26 heavy (non-hydrogen) atoms. The molecule has 2 atom stereocenters. The summed E-state index contributed by atoms with van der Waals surface area (Å²) in [5.74, 6) is 0.466. The molecule has 0 radical (unpaired) electrons. The van der Waals surface area contributed by atoms with Gasteiger partial charge in [0.15, 0.2) is 0 Å². The van der Waals surface area contributed by atoms with Crippen molar-refractivity contribution in [2.75, 3.05) is 6.54 Å². The molecule has 4 rings (SSSR count). The Morgan fingerprint density at radius 2 is 2.19 bits per heavy atom. The van der Waals surface area contributed by atoms with Gasteiger partial charge in [0.2, 0.25) is 11.7 Å². The summed E-state index contributed by atoms with van der Waals surface area (Å²) in [5, 5.41) is 14.1. The number of pyridine rings is 1. The SMILES string of the molecule is Cc1ccc(-c2noc([C@@H]3C[C@@H](O)CN3Cc3ccccn3)n2)cc1F. The van der Waals surface area contributed by atoms with Crippen LogP contribution >= 0.6 is 0 Å². The molecule has 0 aliphatic carbocycles. The fourth-order valence-electron chi connectivity index (χ4n) is 3.23. The van der Waals surface area contributed by atoms with Gasteiger partial charge in [-0.3, -0.25) is 9.88 Å². The predicted molar refractivity (Wildman–Crippen MR) is 92.4 cm³/mol. The van der Waals surface area contributed by atoms with Gasteiger partial charge in [-0.05, 0) is 37.1 Å². The Kier molecular flexibility index (Phi) is 4.48. The van der Waals surface area contributed by atoms with E-state index in [2.05, 4.69) is 20.0 Å². The average molecular weight is 354 g/mol. The highest BCUT2D eigenvalue weighted by atomic mass is 19.1. The maximum absolute atomic E-state index is 13.8. The number of halogens is 1. The van der Waals surface area contributed by atoms with Gasteiger partial charge < -0.3 is 9.63 Å². The van der Waals surface area contributed by atoms with Crippen LogP contribution in [0.4, 0.5) is 4.39 Å². The fraction of sp³-hybridized carbons (Fsp3) is 0.316. The first-order valence-corrected chi connectivity index (χ1v) is 8.52.